The molecule has 1 fully saturated rings. The quantitative estimate of drug-likeness (QED) is 0.614. The topological polar surface area (TPSA) is 29.6 Å². The van der Waals surface area contributed by atoms with E-state index in [4.69, 9.17) is 4.74 Å². The molecule has 1 aliphatic heterocycles. The molecular weight excluding hydrogens is 164 g/mol. The third-order valence-electron chi connectivity index (χ3n) is 2.72. The van der Waals surface area contributed by atoms with Crippen LogP contribution in [0.4, 0.5) is 0 Å². The molecule has 1 aliphatic rings. The first-order chi connectivity index (χ1) is 5.92. The predicted molar refractivity (Wildman–Crippen MR) is 52.6 cm³/mol. The SMILES string of the molecule is CC(=O)CC(C)CCC1OC1(C)C. The zero-order valence-corrected chi connectivity index (χ0v) is 9.09. The molecule has 0 aromatic heterocycles. The fourth-order valence-corrected chi connectivity index (χ4v) is 1.77. The van der Waals surface area contributed by atoms with Crippen LogP contribution in [0.3, 0.4) is 0 Å². The minimum absolute atomic E-state index is 0.107. The van der Waals surface area contributed by atoms with E-state index < -0.39 is 0 Å². The molecule has 0 aliphatic carbocycles. The Morgan fingerprint density at radius 2 is 2.08 bits per heavy atom. The van der Waals surface area contributed by atoms with Crippen LogP contribution in [-0.2, 0) is 9.53 Å². The monoisotopic (exact) mass is 184 g/mol. The minimum atomic E-state index is 0.107. The van der Waals surface area contributed by atoms with Crippen molar-refractivity contribution in [1.82, 2.24) is 0 Å². The van der Waals surface area contributed by atoms with E-state index in [0.29, 0.717) is 24.2 Å². The van der Waals surface area contributed by atoms with E-state index >= 15 is 0 Å². The maximum atomic E-state index is 10.8. The van der Waals surface area contributed by atoms with Crippen LogP contribution >= 0.6 is 0 Å². The fourth-order valence-electron chi connectivity index (χ4n) is 1.77. The molecule has 0 amide bonds. The second-order valence-corrected chi connectivity index (χ2v) is 4.80. The van der Waals surface area contributed by atoms with Crippen molar-refractivity contribution < 1.29 is 9.53 Å². The van der Waals surface area contributed by atoms with Crippen LogP contribution in [0.2, 0.25) is 0 Å². The van der Waals surface area contributed by atoms with E-state index in [1.165, 1.54) is 0 Å². The van der Waals surface area contributed by atoms with Gasteiger partial charge in [0.15, 0.2) is 0 Å². The Balaban J connectivity index is 2.10. The van der Waals surface area contributed by atoms with Crippen molar-refractivity contribution in [2.45, 2.75) is 58.7 Å². The molecule has 2 nitrogen and oxygen atoms in total. The van der Waals surface area contributed by atoms with Gasteiger partial charge in [0.25, 0.3) is 0 Å². The molecule has 1 saturated heterocycles. The Labute approximate surface area is 80.7 Å². The number of ketones is 1. The summed E-state index contributed by atoms with van der Waals surface area (Å²) in [6, 6.07) is 0. The highest BCUT2D eigenvalue weighted by atomic mass is 16.6. The third kappa shape index (κ3) is 3.47. The molecule has 2 heteroatoms. The molecule has 0 radical (unpaired) electrons. The van der Waals surface area contributed by atoms with Gasteiger partial charge in [0.2, 0.25) is 0 Å². The first-order valence-electron chi connectivity index (χ1n) is 5.09. The normalized spacial score (nSPS) is 26.9. The van der Waals surface area contributed by atoms with E-state index in [0.717, 1.165) is 12.8 Å². The standard InChI is InChI=1S/C11H20O2/c1-8(7-9(2)12)5-6-10-11(3,4)13-10/h8,10H,5-7H2,1-4H3. The van der Waals surface area contributed by atoms with Crippen molar-refractivity contribution in [2.75, 3.05) is 0 Å². The first kappa shape index (κ1) is 10.7. The average Bonchev–Trinajstić information content (AvgIpc) is 2.53. The number of hydrogen-bond donors (Lipinski definition) is 0. The molecule has 0 spiro atoms. The van der Waals surface area contributed by atoms with Crippen molar-refractivity contribution in [3.05, 3.63) is 0 Å². The highest BCUT2D eigenvalue weighted by Crippen LogP contribution is 2.39. The Morgan fingerprint density at radius 1 is 1.54 bits per heavy atom. The number of hydrogen-bond acceptors (Lipinski definition) is 2. The Kier molecular flexibility index (Phi) is 3.12. The largest absolute Gasteiger partial charge is 0.367 e. The fraction of sp³-hybridized carbons (Fsp3) is 0.909. The second kappa shape index (κ2) is 3.79. The van der Waals surface area contributed by atoms with Gasteiger partial charge in [0.1, 0.15) is 5.78 Å². The lowest BCUT2D eigenvalue weighted by molar-refractivity contribution is -0.117. The molecule has 0 aromatic carbocycles. The summed E-state index contributed by atoms with van der Waals surface area (Å²) in [5, 5.41) is 0. The Bertz CT molecular complexity index is 196. The lowest BCUT2D eigenvalue weighted by atomic mass is 9.96. The van der Waals surface area contributed by atoms with Gasteiger partial charge in [-0.2, -0.15) is 0 Å². The highest BCUT2D eigenvalue weighted by molar-refractivity contribution is 5.75. The first-order valence-corrected chi connectivity index (χ1v) is 5.09. The van der Waals surface area contributed by atoms with E-state index in [-0.39, 0.29) is 5.60 Å². The minimum Gasteiger partial charge on any atom is -0.367 e. The van der Waals surface area contributed by atoms with Gasteiger partial charge in [-0.25, -0.2) is 0 Å². The maximum Gasteiger partial charge on any atom is 0.130 e. The molecule has 13 heavy (non-hydrogen) atoms. The maximum absolute atomic E-state index is 10.8. The smallest absolute Gasteiger partial charge is 0.130 e. The highest BCUT2D eigenvalue weighted by Gasteiger charge is 2.46. The van der Waals surface area contributed by atoms with Crippen molar-refractivity contribution >= 4 is 5.78 Å². The third-order valence-corrected chi connectivity index (χ3v) is 2.72. The van der Waals surface area contributed by atoms with Gasteiger partial charge < -0.3 is 9.53 Å². The van der Waals surface area contributed by atoms with Crippen LogP contribution in [-0.4, -0.2) is 17.5 Å². The predicted octanol–water partition coefficient (Wildman–Crippen LogP) is 2.56. The lowest BCUT2D eigenvalue weighted by Crippen LogP contribution is -2.07. The van der Waals surface area contributed by atoms with Crippen molar-refractivity contribution in [3.63, 3.8) is 0 Å². The van der Waals surface area contributed by atoms with E-state index in [2.05, 4.69) is 20.8 Å². The number of carbonyl (C=O) groups is 1. The second-order valence-electron chi connectivity index (χ2n) is 4.80. The average molecular weight is 184 g/mol. The van der Waals surface area contributed by atoms with Crippen molar-refractivity contribution in [3.8, 4) is 0 Å². The molecule has 0 bridgehead atoms. The van der Waals surface area contributed by atoms with Crippen molar-refractivity contribution in [1.29, 1.82) is 0 Å². The van der Waals surface area contributed by atoms with E-state index in [1.807, 2.05) is 0 Å². The number of carbonyl (C=O) groups excluding carboxylic acids is 1. The van der Waals surface area contributed by atoms with Crippen LogP contribution in [0.1, 0.15) is 47.0 Å². The molecular formula is C11H20O2. The molecule has 2 unspecified atom stereocenters. The Hall–Kier alpha value is -0.370. The van der Waals surface area contributed by atoms with Gasteiger partial charge in [-0.05, 0) is 39.5 Å². The summed E-state index contributed by atoms with van der Waals surface area (Å²) in [6.45, 7) is 8.03. The Morgan fingerprint density at radius 3 is 2.46 bits per heavy atom. The van der Waals surface area contributed by atoms with Crippen LogP contribution in [0.5, 0.6) is 0 Å². The molecule has 0 saturated carbocycles. The van der Waals surface area contributed by atoms with Gasteiger partial charge in [0.05, 0.1) is 11.7 Å². The number of ether oxygens (including phenoxy) is 1. The molecule has 2 atom stereocenters. The van der Waals surface area contributed by atoms with E-state index in [1.54, 1.807) is 6.92 Å². The zero-order chi connectivity index (χ0) is 10.1. The van der Waals surface area contributed by atoms with Gasteiger partial charge in [-0.3, -0.25) is 0 Å². The van der Waals surface area contributed by atoms with Crippen LogP contribution in [0.25, 0.3) is 0 Å². The molecule has 0 N–H and O–H groups in total. The zero-order valence-electron chi connectivity index (χ0n) is 9.09. The molecule has 76 valence electrons. The number of rotatable bonds is 5. The van der Waals surface area contributed by atoms with Gasteiger partial charge in [-0.1, -0.05) is 6.92 Å². The lowest BCUT2D eigenvalue weighted by Gasteiger charge is -2.07. The van der Waals surface area contributed by atoms with Crippen LogP contribution < -0.4 is 0 Å². The summed E-state index contributed by atoms with van der Waals surface area (Å²) in [5.74, 6) is 0.806. The van der Waals surface area contributed by atoms with Gasteiger partial charge in [0, 0.05) is 6.42 Å². The molecule has 0 aromatic rings. The van der Waals surface area contributed by atoms with E-state index in [9.17, 15) is 4.79 Å². The summed E-state index contributed by atoms with van der Waals surface area (Å²) in [6.07, 6.45) is 3.35. The van der Waals surface area contributed by atoms with Gasteiger partial charge in [-0.15, -0.1) is 0 Å². The summed E-state index contributed by atoms with van der Waals surface area (Å²) < 4.78 is 5.47. The summed E-state index contributed by atoms with van der Waals surface area (Å²) in [4.78, 5) is 10.8. The molecule has 1 rings (SSSR count). The summed E-state index contributed by atoms with van der Waals surface area (Å²) >= 11 is 0. The summed E-state index contributed by atoms with van der Waals surface area (Å²) in [7, 11) is 0. The molecule has 1 heterocycles. The van der Waals surface area contributed by atoms with Crippen molar-refractivity contribution in [2.24, 2.45) is 5.92 Å². The van der Waals surface area contributed by atoms with Gasteiger partial charge >= 0.3 is 0 Å². The van der Waals surface area contributed by atoms with Crippen LogP contribution in [0, 0.1) is 5.92 Å². The summed E-state index contributed by atoms with van der Waals surface area (Å²) in [5.41, 5.74) is 0.107. The number of epoxide rings is 1. The number of Topliss-reactive ketones (excluding diaryl/α,β-unsaturated/α-hetero) is 1. The van der Waals surface area contributed by atoms with Crippen LogP contribution in [0.15, 0.2) is 0 Å².